The van der Waals surface area contributed by atoms with Crippen LogP contribution in [0.5, 0.6) is 0 Å². The number of nitrogen functional groups attached to an aromatic ring is 1. The molecule has 2 heterocycles. The van der Waals surface area contributed by atoms with Crippen molar-refractivity contribution in [2.75, 3.05) is 12.3 Å². The molecule has 0 aliphatic heterocycles. The minimum Gasteiger partial charge on any atom is -0.462 e. The van der Waals surface area contributed by atoms with Crippen molar-refractivity contribution in [2.45, 2.75) is 26.7 Å². The van der Waals surface area contributed by atoms with Gasteiger partial charge in [0.1, 0.15) is 11.4 Å². The van der Waals surface area contributed by atoms with E-state index in [0.717, 1.165) is 29.7 Å². The third-order valence-corrected chi connectivity index (χ3v) is 4.12. The van der Waals surface area contributed by atoms with Gasteiger partial charge in [0.15, 0.2) is 5.65 Å². The van der Waals surface area contributed by atoms with Crippen LogP contribution in [-0.2, 0) is 11.2 Å². The summed E-state index contributed by atoms with van der Waals surface area (Å²) in [5.74, 6) is -0.281. The Kier molecular flexibility index (Phi) is 4.90. The van der Waals surface area contributed by atoms with Crippen molar-refractivity contribution >= 4 is 29.0 Å². The molecule has 0 spiro atoms. The molecule has 0 fully saturated rings. The van der Waals surface area contributed by atoms with E-state index in [2.05, 4.69) is 17.0 Å². The van der Waals surface area contributed by atoms with E-state index in [0.29, 0.717) is 10.7 Å². The van der Waals surface area contributed by atoms with E-state index in [1.54, 1.807) is 6.92 Å². The predicted octanol–water partition coefficient (Wildman–Crippen LogP) is 3.76. The summed E-state index contributed by atoms with van der Waals surface area (Å²) in [7, 11) is 0. The number of benzene rings is 1. The van der Waals surface area contributed by atoms with Gasteiger partial charge in [-0.05, 0) is 31.0 Å². The maximum Gasteiger partial charge on any atom is 0.343 e. The molecule has 6 nitrogen and oxygen atoms in total. The van der Waals surface area contributed by atoms with Gasteiger partial charge >= 0.3 is 5.97 Å². The highest BCUT2D eigenvalue weighted by Gasteiger charge is 2.21. The largest absolute Gasteiger partial charge is 0.462 e. The van der Waals surface area contributed by atoms with Crippen LogP contribution in [0.15, 0.2) is 30.5 Å². The van der Waals surface area contributed by atoms with Gasteiger partial charge in [-0.15, -0.1) is 0 Å². The van der Waals surface area contributed by atoms with Crippen LogP contribution < -0.4 is 5.73 Å². The maximum absolute atomic E-state index is 12.0. The van der Waals surface area contributed by atoms with E-state index < -0.39 is 5.97 Å². The number of anilines is 1. The number of aromatic nitrogens is 3. The van der Waals surface area contributed by atoms with Gasteiger partial charge in [0.05, 0.1) is 12.3 Å². The minimum absolute atomic E-state index is 0.211. The van der Waals surface area contributed by atoms with Gasteiger partial charge in [-0.25, -0.2) is 9.78 Å². The molecule has 0 saturated heterocycles. The predicted molar refractivity (Wildman–Crippen MR) is 97.8 cm³/mol. The van der Waals surface area contributed by atoms with Crippen molar-refractivity contribution in [3.63, 3.8) is 0 Å². The molecule has 1 aromatic carbocycles. The first-order chi connectivity index (χ1) is 12.1. The standard InChI is InChI=1S/C18H19ClN4O2/c1-3-5-14-15(11-6-8-12(19)9-7-11)17-21-10-13(18(24)25-4-2)16(20)23(17)22-14/h6-10H,3-5,20H2,1-2H3. The lowest BCUT2D eigenvalue weighted by atomic mass is 10.0. The molecule has 0 atom stereocenters. The Morgan fingerprint density at radius 3 is 2.64 bits per heavy atom. The summed E-state index contributed by atoms with van der Waals surface area (Å²) in [6, 6.07) is 7.50. The fourth-order valence-electron chi connectivity index (χ4n) is 2.74. The van der Waals surface area contributed by atoms with E-state index >= 15 is 0 Å². The summed E-state index contributed by atoms with van der Waals surface area (Å²) in [5, 5.41) is 5.25. The highest BCUT2D eigenvalue weighted by molar-refractivity contribution is 6.30. The number of aryl methyl sites for hydroxylation is 1. The number of nitrogens with two attached hydrogens (primary N) is 1. The summed E-state index contributed by atoms with van der Waals surface area (Å²) in [4.78, 5) is 16.5. The summed E-state index contributed by atoms with van der Waals surface area (Å²) >= 11 is 5.99. The normalized spacial score (nSPS) is 11.0. The second-order valence-corrected chi connectivity index (χ2v) is 6.03. The molecule has 0 saturated carbocycles. The fourth-order valence-corrected chi connectivity index (χ4v) is 2.86. The first kappa shape index (κ1) is 17.2. The lowest BCUT2D eigenvalue weighted by molar-refractivity contribution is 0.0526. The zero-order valence-electron chi connectivity index (χ0n) is 14.1. The Morgan fingerprint density at radius 1 is 1.28 bits per heavy atom. The van der Waals surface area contributed by atoms with Gasteiger partial charge in [-0.1, -0.05) is 37.1 Å². The van der Waals surface area contributed by atoms with Crippen molar-refractivity contribution in [2.24, 2.45) is 0 Å². The van der Waals surface area contributed by atoms with Crippen molar-refractivity contribution in [3.8, 4) is 11.1 Å². The van der Waals surface area contributed by atoms with Crippen LogP contribution in [0.25, 0.3) is 16.8 Å². The topological polar surface area (TPSA) is 82.5 Å². The van der Waals surface area contributed by atoms with E-state index in [9.17, 15) is 4.79 Å². The van der Waals surface area contributed by atoms with Crippen molar-refractivity contribution in [1.82, 2.24) is 14.6 Å². The second-order valence-electron chi connectivity index (χ2n) is 5.59. The van der Waals surface area contributed by atoms with Crippen LogP contribution in [0.3, 0.4) is 0 Å². The van der Waals surface area contributed by atoms with Crippen LogP contribution in [0.2, 0.25) is 5.02 Å². The minimum atomic E-state index is -0.505. The first-order valence-electron chi connectivity index (χ1n) is 8.16. The zero-order chi connectivity index (χ0) is 18.0. The summed E-state index contributed by atoms with van der Waals surface area (Å²) in [6.45, 7) is 4.09. The number of ether oxygens (including phenoxy) is 1. The maximum atomic E-state index is 12.0. The number of nitrogens with zero attached hydrogens (tertiary/aromatic N) is 3. The van der Waals surface area contributed by atoms with Crippen LogP contribution in [0.4, 0.5) is 5.82 Å². The molecule has 3 rings (SSSR count). The molecule has 0 bridgehead atoms. The molecule has 0 radical (unpaired) electrons. The average molecular weight is 359 g/mol. The number of fused-ring (bicyclic) bond motifs is 1. The molecule has 0 aliphatic rings. The average Bonchev–Trinajstić information content (AvgIpc) is 2.96. The Bertz CT molecular complexity index is 919. The van der Waals surface area contributed by atoms with Crippen LogP contribution in [0.1, 0.15) is 36.3 Å². The van der Waals surface area contributed by atoms with Gasteiger partial charge in [0, 0.05) is 16.8 Å². The van der Waals surface area contributed by atoms with Gasteiger partial charge < -0.3 is 10.5 Å². The molecule has 7 heteroatoms. The number of hydrogen-bond acceptors (Lipinski definition) is 5. The van der Waals surface area contributed by atoms with Gasteiger partial charge in [0.2, 0.25) is 0 Å². The Morgan fingerprint density at radius 2 is 2.00 bits per heavy atom. The molecule has 2 aromatic heterocycles. The zero-order valence-corrected chi connectivity index (χ0v) is 14.9. The lowest BCUT2D eigenvalue weighted by Gasteiger charge is -2.07. The van der Waals surface area contributed by atoms with Crippen LogP contribution >= 0.6 is 11.6 Å². The molecule has 2 N–H and O–H groups in total. The quantitative estimate of drug-likeness (QED) is 0.702. The Labute approximate surface area is 150 Å². The molecule has 130 valence electrons. The van der Waals surface area contributed by atoms with Gasteiger partial charge in [-0.3, -0.25) is 0 Å². The Balaban J connectivity index is 2.22. The number of rotatable bonds is 5. The van der Waals surface area contributed by atoms with E-state index in [4.69, 9.17) is 22.1 Å². The fraction of sp³-hybridized carbons (Fsp3) is 0.278. The summed E-state index contributed by atoms with van der Waals surface area (Å²) < 4.78 is 6.54. The lowest BCUT2D eigenvalue weighted by Crippen LogP contribution is -2.12. The number of carbonyl (C=O) groups is 1. The van der Waals surface area contributed by atoms with Crippen molar-refractivity contribution < 1.29 is 9.53 Å². The SMILES string of the molecule is CCCc1nn2c(N)c(C(=O)OCC)cnc2c1-c1ccc(Cl)cc1. The monoisotopic (exact) mass is 358 g/mol. The number of esters is 1. The molecule has 25 heavy (non-hydrogen) atoms. The van der Waals surface area contributed by atoms with E-state index in [1.165, 1.54) is 10.7 Å². The molecular weight excluding hydrogens is 340 g/mol. The number of halogens is 1. The van der Waals surface area contributed by atoms with Crippen LogP contribution in [-0.4, -0.2) is 27.2 Å². The molecule has 3 aromatic rings. The molecule has 0 amide bonds. The summed E-state index contributed by atoms with van der Waals surface area (Å²) in [6.07, 6.45) is 3.14. The third kappa shape index (κ3) is 3.17. The number of hydrogen-bond donors (Lipinski definition) is 1. The smallest absolute Gasteiger partial charge is 0.343 e. The number of carbonyl (C=O) groups excluding carboxylic acids is 1. The Hall–Kier alpha value is -2.60. The van der Waals surface area contributed by atoms with E-state index in [-0.39, 0.29) is 18.0 Å². The van der Waals surface area contributed by atoms with Gasteiger partial charge in [0.25, 0.3) is 0 Å². The van der Waals surface area contributed by atoms with Crippen molar-refractivity contribution in [1.29, 1.82) is 0 Å². The first-order valence-corrected chi connectivity index (χ1v) is 8.53. The van der Waals surface area contributed by atoms with Crippen molar-refractivity contribution in [3.05, 3.63) is 46.7 Å². The van der Waals surface area contributed by atoms with Crippen LogP contribution in [0, 0.1) is 0 Å². The van der Waals surface area contributed by atoms with Gasteiger partial charge in [-0.2, -0.15) is 9.61 Å². The summed E-state index contributed by atoms with van der Waals surface area (Å²) in [5.41, 5.74) is 9.73. The molecular formula is C18H19ClN4O2. The van der Waals surface area contributed by atoms with E-state index in [1.807, 2.05) is 24.3 Å². The second kappa shape index (κ2) is 7.11. The highest BCUT2D eigenvalue weighted by Crippen LogP contribution is 2.31. The molecule has 0 aliphatic carbocycles. The molecule has 0 unspecified atom stereocenters. The highest BCUT2D eigenvalue weighted by atomic mass is 35.5. The third-order valence-electron chi connectivity index (χ3n) is 3.87.